The quantitative estimate of drug-likeness (QED) is 0.346. The molecule has 1 aromatic carbocycles. The number of aryl methyl sites for hydroxylation is 1. The largest absolute Gasteiger partial charge is 0.359 e. The van der Waals surface area contributed by atoms with E-state index >= 15 is 0 Å². The Morgan fingerprint density at radius 2 is 2.03 bits per heavy atom. The molecule has 0 saturated heterocycles. The van der Waals surface area contributed by atoms with Gasteiger partial charge < -0.3 is 15.2 Å². The van der Waals surface area contributed by atoms with Crippen LogP contribution in [0.25, 0.3) is 11.3 Å². The molecule has 4 aromatic rings. The number of nitrogens with one attached hydrogen (secondary N) is 3. The van der Waals surface area contributed by atoms with Gasteiger partial charge in [0.05, 0.1) is 6.54 Å². The van der Waals surface area contributed by atoms with Gasteiger partial charge >= 0.3 is 0 Å². The van der Waals surface area contributed by atoms with Crippen LogP contribution in [0.1, 0.15) is 35.9 Å². The van der Waals surface area contributed by atoms with Gasteiger partial charge in [0, 0.05) is 45.5 Å². The number of hydrogen-bond donors (Lipinski definition) is 3. The highest BCUT2D eigenvalue weighted by molar-refractivity contribution is 9.10. The van der Waals surface area contributed by atoms with Gasteiger partial charge in [-0.15, -0.1) is 0 Å². The Hall–Kier alpha value is -3.20. The molecule has 0 radical (unpaired) electrons. The van der Waals surface area contributed by atoms with Gasteiger partial charge in [0.25, 0.3) is 0 Å². The van der Waals surface area contributed by atoms with Crippen LogP contribution < -0.4 is 10.6 Å². The average Bonchev–Trinajstić information content (AvgIpc) is 3.28. The standard InChI is InChI=1S/C21H20BrN7O/c1-12-7-19(25-20-10-17(27-28-20)13-5-6-13)26-21(24-12)23-11-16-9-18(29-30-16)14-3-2-4-15(22)8-14/h2-4,7-10,13H,5-6,11H2,1H3,(H3,23,24,25,26,27,28). The third kappa shape index (κ3) is 4.35. The highest BCUT2D eigenvalue weighted by Crippen LogP contribution is 2.39. The second-order valence-electron chi connectivity index (χ2n) is 7.37. The molecule has 8 nitrogen and oxygen atoms in total. The minimum absolute atomic E-state index is 0.429. The predicted molar refractivity (Wildman–Crippen MR) is 118 cm³/mol. The van der Waals surface area contributed by atoms with Crippen molar-refractivity contribution in [2.45, 2.75) is 32.2 Å². The molecule has 0 amide bonds. The van der Waals surface area contributed by atoms with Gasteiger partial charge in [0.2, 0.25) is 5.95 Å². The van der Waals surface area contributed by atoms with Crippen molar-refractivity contribution in [3.05, 3.63) is 64.1 Å². The molecule has 0 atom stereocenters. The molecule has 3 heterocycles. The lowest BCUT2D eigenvalue weighted by Crippen LogP contribution is -2.06. The smallest absolute Gasteiger partial charge is 0.225 e. The van der Waals surface area contributed by atoms with Gasteiger partial charge in [0.1, 0.15) is 11.5 Å². The number of halogens is 1. The van der Waals surface area contributed by atoms with Crippen LogP contribution >= 0.6 is 15.9 Å². The number of aromatic nitrogens is 5. The topological polar surface area (TPSA) is 105 Å². The summed E-state index contributed by atoms with van der Waals surface area (Å²) in [7, 11) is 0. The Morgan fingerprint density at radius 1 is 1.13 bits per heavy atom. The number of rotatable bonds is 7. The molecule has 0 spiro atoms. The van der Waals surface area contributed by atoms with E-state index in [1.165, 1.54) is 18.5 Å². The zero-order chi connectivity index (χ0) is 20.5. The van der Waals surface area contributed by atoms with Crippen molar-refractivity contribution >= 4 is 33.5 Å². The van der Waals surface area contributed by atoms with E-state index in [1.54, 1.807) is 0 Å². The van der Waals surface area contributed by atoms with Crippen LogP contribution in [0.2, 0.25) is 0 Å². The maximum Gasteiger partial charge on any atom is 0.225 e. The van der Waals surface area contributed by atoms with E-state index in [9.17, 15) is 0 Å². The van der Waals surface area contributed by atoms with Crippen molar-refractivity contribution in [1.82, 2.24) is 25.3 Å². The molecule has 1 aliphatic carbocycles. The SMILES string of the molecule is Cc1cc(Nc2cc(C3CC3)[nH]n2)nc(NCc2cc(-c3cccc(Br)c3)no2)n1. The van der Waals surface area contributed by atoms with Crippen molar-refractivity contribution in [2.75, 3.05) is 10.6 Å². The summed E-state index contributed by atoms with van der Waals surface area (Å²) in [6.45, 7) is 2.36. The van der Waals surface area contributed by atoms with Gasteiger partial charge in [-0.05, 0) is 31.9 Å². The lowest BCUT2D eigenvalue weighted by molar-refractivity contribution is 0.390. The van der Waals surface area contributed by atoms with Crippen LogP contribution in [0.5, 0.6) is 0 Å². The van der Waals surface area contributed by atoms with E-state index < -0.39 is 0 Å². The van der Waals surface area contributed by atoms with E-state index in [0.717, 1.165) is 27.2 Å². The molecule has 0 aliphatic heterocycles. The van der Waals surface area contributed by atoms with E-state index in [1.807, 2.05) is 49.4 Å². The zero-order valence-electron chi connectivity index (χ0n) is 16.3. The number of hydrogen-bond acceptors (Lipinski definition) is 7. The molecule has 3 aromatic heterocycles. The van der Waals surface area contributed by atoms with Gasteiger partial charge in [-0.1, -0.05) is 33.2 Å². The third-order valence-electron chi connectivity index (χ3n) is 4.83. The predicted octanol–water partition coefficient (Wildman–Crippen LogP) is 5.16. The Morgan fingerprint density at radius 3 is 2.87 bits per heavy atom. The van der Waals surface area contributed by atoms with Crippen molar-refractivity contribution < 1.29 is 4.52 Å². The fourth-order valence-corrected chi connectivity index (χ4v) is 3.59. The number of benzene rings is 1. The Kier molecular flexibility index (Phi) is 4.96. The monoisotopic (exact) mass is 465 g/mol. The molecule has 1 aliphatic rings. The summed E-state index contributed by atoms with van der Waals surface area (Å²) >= 11 is 3.48. The first kappa shape index (κ1) is 18.8. The summed E-state index contributed by atoms with van der Waals surface area (Å²) in [5, 5.41) is 18.0. The third-order valence-corrected chi connectivity index (χ3v) is 5.32. The first-order valence-corrected chi connectivity index (χ1v) is 10.5. The molecule has 1 saturated carbocycles. The van der Waals surface area contributed by atoms with E-state index in [-0.39, 0.29) is 0 Å². The molecule has 0 bridgehead atoms. The van der Waals surface area contributed by atoms with Gasteiger partial charge in [-0.25, -0.2) is 4.98 Å². The zero-order valence-corrected chi connectivity index (χ0v) is 17.9. The summed E-state index contributed by atoms with van der Waals surface area (Å²) in [5.41, 5.74) is 3.79. The highest BCUT2D eigenvalue weighted by atomic mass is 79.9. The molecular formula is C21H20BrN7O. The summed E-state index contributed by atoms with van der Waals surface area (Å²) < 4.78 is 6.45. The van der Waals surface area contributed by atoms with Gasteiger partial charge in [0.15, 0.2) is 11.6 Å². The first-order valence-electron chi connectivity index (χ1n) is 9.76. The maximum atomic E-state index is 5.45. The van der Waals surface area contributed by atoms with E-state index in [4.69, 9.17) is 4.52 Å². The molecule has 9 heteroatoms. The Bertz CT molecular complexity index is 1180. The molecule has 30 heavy (non-hydrogen) atoms. The van der Waals surface area contributed by atoms with Crippen molar-refractivity contribution in [3.63, 3.8) is 0 Å². The maximum absolute atomic E-state index is 5.45. The number of H-pyrrole nitrogens is 1. The molecule has 0 unspecified atom stereocenters. The number of aromatic amines is 1. The minimum atomic E-state index is 0.429. The van der Waals surface area contributed by atoms with Crippen molar-refractivity contribution in [1.29, 1.82) is 0 Å². The van der Waals surface area contributed by atoms with Crippen molar-refractivity contribution in [2.24, 2.45) is 0 Å². The summed E-state index contributed by atoms with van der Waals surface area (Å²) in [6, 6.07) is 13.8. The Labute approximate surface area is 181 Å². The number of nitrogens with zero attached hydrogens (tertiary/aromatic N) is 4. The van der Waals surface area contributed by atoms with Gasteiger partial charge in [-0.3, -0.25) is 5.10 Å². The van der Waals surface area contributed by atoms with Crippen LogP contribution in [0.15, 0.2) is 51.5 Å². The van der Waals surface area contributed by atoms with Gasteiger partial charge in [-0.2, -0.15) is 10.1 Å². The fraction of sp³-hybridized carbons (Fsp3) is 0.238. The molecule has 152 valence electrons. The normalized spacial score (nSPS) is 13.4. The van der Waals surface area contributed by atoms with E-state index in [2.05, 4.69) is 51.9 Å². The van der Waals surface area contributed by atoms with Crippen LogP contribution in [-0.2, 0) is 6.54 Å². The summed E-state index contributed by atoms with van der Waals surface area (Å²) in [6.07, 6.45) is 2.46. The molecular weight excluding hydrogens is 446 g/mol. The van der Waals surface area contributed by atoms with Crippen LogP contribution in [0, 0.1) is 6.92 Å². The summed E-state index contributed by atoms with van der Waals surface area (Å²) in [4.78, 5) is 8.99. The fourth-order valence-electron chi connectivity index (χ4n) is 3.19. The van der Waals surface area contributed by atoms with E-state index in [0.29, 0.717) is 30.0 Å². The van der Waals surface area contributed by atoms with Crippen LogP contribution in [0.4, 0.5) is 17.6 Å². The first-order chi connectivity index (χ1) is 14.6. The second-order valence-corrected chi connectivity index (χ2v) is 8.28. The number of anilines is 3. The van der Waals surface area contributed by atoms with Crippen LogP contribution in [0.3, 0.4) is 0 Å². The minimum Gasteiger partial charge on any atom is -0.359 e. The van der Waals surface area contributed by atoms with Crippen molar-refractivity contribution in [3.8, 4) is 11.3 Å². The molecule has 3 N–H and O–H groups in total. The molecule has 1 fully saturated rings. The molecule has 5 rings (SSSR count). The lowest BCUT2D eigenvalue weighted by Gasteiger charge is -2.07. The Balaban J connectivity index is 1.26. The average molecular weight is 466 g/mol. The summed E-state index contributed by atoms with van der Waals surface area (Å²) in [5.74, 6) is 3.28. The van der Waals surface area contributed by atoms with Crippen LogP contribution in [-0.4, -0.2) is 25.3 Å². The highest BCUT2D eigenvalue weighted by Gasteiger charge is 2.25. The second kappa shape index (κ2) is 7.91. The lowest BCUT2D eigenvalue weighted by atomic mass is 10.1.